The van der Waals surface area contributed by atoms with Gasteiger partial charge in [0.05, 0.1) is 17.9 Å². The first-order valence-electron chi connectivity index (χ1n) is 6.38. The van der Waals surface area contributed by atoms with Gasteiger partial charge in [-0.05, 0) is 13.8 Å². The van der Waals surface area contributed by atoms with Crippen molar-refractivity contribution in [2.45, 2.75) is 20.0 Å². The van der Waals surface area contributed by atoms with E-state index in [1.165, 1.54) is 17.6 Å². The molecule has 0 saturated heterocycles. The molecule has 2 rings (SSSR count). The number of pyridine rings is 1. The molecule has 0 aromatic carbocycles. The molecule has 0 atom stereocenters. The van der Waals surface area contributed by atoms with Crippen molar-refractivity contribution >= 4 is 32.5 Å². The average Bonchev–Trinajstić information content (AvgIpc) is 2.88. The summed E-state index contributed by atoms with van der Waals surface area (Å²) in [5.41, 5.74) is 1.58. The Bertz CT molecular complexity index is 790. The van der Waals surface area contributed by atoms with Crippen LogP contribution in [0.15, 0.2) is 17.6 Å². The molecule has 0 aliphatic carbocycles. The number of rotatable bonds is 6. The summed E-state index contributed by atoms with van der Waals surface area (Å²) in [7, 11) is -3.78. The van der Waals surface area contributed by atoms with Gasteiger partial charge in [-0.2, -0.15) is 13.4 Å². The molecule has 124 valence electrons. The second-order valence-corrected chi connectivity index (χ2v) is 7.09. The van der Waals surface area contributed by atoms with E-state index in [1.807, 2.05) is 0 Å². The number of nitrogens with zero attached hydrogens (tertiary/aromatic N) is 3. The molecule has 0 fully saturated rings. The zero-order valence-corrected chi connectivity index (χ0v) is 14.1. The predicted octanol–water partition coefficient (Wildman–Crippen LogP) is 1.31. The first kappa shape index (κ1) is 17.1. The van der Waals surface area contributed by atoms with E-state index in [9.17, 15) is 13.2 Å². The third kappa shape index (κ3) is 5.45. The van der Waals surface area contributed by atoms with Crippen LogP contribution in [-0.4, -0.2) is 41.9 Å². The normalized spacial score (nSPS) is 11.3. The summed E-state index contributed by atoms with van der Waals surface area (Å²) < 4.78 is 32.6. The Hall–Kier alpha value is -2.27. The van der Waals surface area contributed by atoms with Crippen LogP contribution in [0.2, 0.25) is 0 Å². The van der Waals surface area contributed by atoms with Gasteiger partial charge in [0.15, 0.2) is 0 Å². The monoisotopic (exact) mass is 358 g/mol. The van der Waals surface area contributed by atoms with Crippen molar-refractivity contribution in [3.63, 3.8) is 0 Å². The molecule has 2 aromatic heterocycles. The maximum atomic E-state index is 12.2. The van der Waals surface area contributed by atoms with Gasteiger partial charge in [0, 0.05) is 12.1 Å². The maximum absolute atomic E-state index is 12.2. The van der Waals surface area contributed by atoms with Crippen LogP contribution >= 0.6 is 11.3 Å². The van der Waals surface area contributed by atoms with Crippen LogP contribution in [0, 0.1) is 0 Å². The Morgan fingerprint density at radius 2 is 2.00 bits per heavy atom. The highest BCUT2D eigenvalue weighted by atomic mass is 32.2. The number of hydrogen-bond donors (Lipinski definition) is 1. The van der Waals surface area contributed by atoms with E-state index < -0.39 is 16.0 Å². The number of hydrogen-bond acceptors (Lipinski definition) is 9. The van der Waals surface area contributed by atoms with E-state index in [0.29, 0.717) is 5.13 Å². The summed E-state index contributed by atoms with van der Waals surface area (Å²) in [5, 5.41) is 10.1. The number of carbonyl (C=O) groups excluding carboxylic acids is 1. The van der Waals surface area contributed by atoms with Gasteiger partial charge in [0.2, 0.25) is 16.9 Å². The summed E-state index contributed by atoms with van der Waals surface area (Å²) in [5.74, 6) is -0.701. The molecular weight excluding hydrogens is 344 g/mol. The minimum Gasteiger partial charge on any atom is -0.475 e. The first-order valence-corrected chi connectivity index (χ1v) is 9.08. The maximum Gasteiger partial charge on any atom is 0.307 e. The van der Waals surface area contributed by atoms with Crippen LogP contribution in [0.3, 0.4) is 0 Å². The van der Waals surface area contributed by atoms with E-state index in [-0.39, 0.29) is 23.4 Å². The standard InChI is InChI=1S/C12H14N4O5S2/c1-7(2)20-9-4-8(5-10(14-9)21-23(3,18)19)11(17)15-12-16-13-6-22-12/h4-7H,1-3H3,(H,15,16,17). The molecule has 23 heavy (non-hydrogen) atoms. The van der Waals surface area contributed by atoms with Crippen molar-refractivity contribution < 1.29 is 22.1 Å². The van der Waals surface area contributed by atoms with E-state index in [4.69, 9.17) is 8.92 Å². The van der Waals surface area contributed by atoms with Crippen molar-refractivity contribution in [1.29, 1.82) is 0 Å². The van der Waals surface area contributed by atoms with E-state index in [2.05, 4.69) is 20.5 Å². The summed E-state index contributed by atoms with van der Waals surface area (Å²) in [6.07, 6.45) is 0.668. The van der Waals surface area contributed by atoms with Crippen molar-refractivity contribution in [2.24, 2.45) is 0 Å². The van der Waals surface area contributed by atoms with Crippen molar-refractivity contribution in [3.05, 3.63) is 23.2 Å². The number of aromatic nitrogens is 3. The fraction of sp³-hybridized carbons (Fsp3) is 0.333. The van der Waals surface area contributed by atoms with Gasteiger partial charge in [-0.15, -0.1) is 10.2 Å². The molecule has 1 amide bonds. The lowest BCUT2D eigenvalue weighted by Crippen LogP contribution is -2.15. The molecule has 11 heteroatoms. The fourth-order valence-electron chi connectivity index (χ4n) is 1.51. The van der Waals surface area contributed by atoms with Crippen LogP contribution < -0.4 is 14.2 Å². The molecular formula is C12H14N4O5S2. The molecule has 0 spiro atoms. The minimum atomic E-state index is -3.78. The average molecular weight is 358 g/mol. The van der Waals surface area contributed by atoms with Gasteiger partial charge >= 0.3 is 10.1 Å². The van der Waals surface area contributed by atoms with Gasteiger partial charge in [-0.3, -0.25) is 10.1 Å². The Morgan fingerprint density at radius 3 is 2.57 bits per heavy atom. The summed E-state index contributed by atoms with van der Waals surface area (Å²) in [6.45, 7) is 3.54. The lowest BCUT2D eigenvalue weighted by Gasteiger charge is -2.11. The van der Waals surface area contributed by atoms with Crippen LogP contribution in [0.1, 0.15) is 24.2 Å². The number of anilines is 1. The number of ether oxygens (including phenoxy) is 1. The van der Waals surface area contributed by atoms with Gasteiger partial charge in [0.1, 0.15) is 5.51 Å². The highest BCUT2D eigenvalue weighted by Crippen LogP contribution is 2.21. The molecule has 0 unspecified atom stereocenters. The molecule has 0 saturated carbocycles. The topological polar surface area (TPSA) is 120 Å². The molecule has 9 nitrogen and oxygen atoms in total. The third-order valence-electron chi connectivity index (χ3n) is 2.21. The Balaban J connectivity index is 2.32. The quantitative estimate of drug-likeness (QED) is 0.767. The highest BCUT2D eigenvalue weighted by Gasteiger charge is 2.16. The molecule has 1 N–H and O–H groups in total. The summed E-state index contributed by atoms with van der Waals surface area (Å²) >= 11 is 1.15. The summed E-state index contributed by atoms with van der Waals surface area (Å²) in [6, 6.07) is 2.58. The number of amides is 1. The number of carbonyl (C=O) groups is 1. The highest BCUT2D eigenvalue weighted by molar-refractivity contribution is 7.86. The number of nitrogens with one attached hydrogen (secondary N) is 1. The molecule has 0 bridgehead atoms. The molecule has 2 aromatic rings. The van der Waals surface area contributed by atoms with E-state index in [1.54, 1.807) is 13.8 Å². The van der Waals surface area contributed by atoms with E-state index >= 15 is 0 Å². The zero-order chi connectivity index (χ0) is 17.0. The van der Waals surface area contributed by atoms with Crippen molar-refractivity contribution in [1.82, 2.24) is 15.2 Å². The predicted molar refractivity (Wildman–Crippen MR) is 83.3 cm³/mol. The SMILES string of the molecule is CC(C)Oc1cc(C(=O)Nc2nncs2)cc(OS(C)(=O)=O)n1. The van der Waals surface area contributed by atoms with Gasteiger partial charge < -0.3 is 8.92 Å². The second-order valence-electron chi connectivity index (χ2n) is 4.68. The van der Waals surface area contributed by atoms with Gasteiger partial charge in [-0.1, -0.05) is 11.3 Å². The van der Waals surface area contributed by atoms with E-state index in [0.717, 1.165) is 17.6 Å². The van der Waals surface area contributed by atoms with Crippen LogP contribution in [0.25, 0.3) is 0 Å². The van der Waals surface area contributed by atoms with Crippen LogP contribution in [0.5, 0.6) is 11.8 Å². The molecule has 2 heterocycles. The largest absolute Gasteiger partial charge is 0.475 e. The van der Waals surface area contributed by atoms with Gasteiger partial charge in [-0.25, -0.2) is 0 Å². The smallest absolute Gasteiger partial charge is 0.307 e. The lowest BCUT2D eigenvalue weighted by atomic mass is 10.2. The molecule has 0 radical (unpaired) electrons. The molecule has 0 aliphatic rings. The third-order valence-corrected chi connectivity index (χ3v) is 3.29. The van der Waals surface area contributed by atoms with Crippen LogP contribution in [0.4, 0.5) is 5.13 Å². The van der Waals surface area contributed by atoms with Crippen molar-refractivity contribution in [2.75, 3.05) is 11.6 Å². The van der Waals surface area contributed by atoms with Gasteiger partial charge in [0.25, 0.3) is 5.91 Å². The summed E-state index contributed by atoms with van der Waals surface area (Å²) in [4.78, 5) is 16.1. The first-order chi connectivity index (χ1) is 10.7. The van der Waals surface area contributed by atoms with Crippen molar-refractivity contribution in [3.8, 4) is 11.8 Å². The van der Waals surface area contributed by atoms with Crippen LogP contribution in [-0.2, 0) is 10.1 Å². The second kappa shape index (κ2) is 6.87. The molecule has 0 aliphatic heterocycles. The fourth-order valence-corrected chi connectivity index (χ4v) is 2.34. The lowest BCUT2D eigenvalue weighted by molar-refractivity contribution is 0.102. The minimum absolute atomic E-state index is 0.0727. The Labute approximate surface area is 136 Å². The Kier molecular flexibility index (Phi) is 5.11. The Morgan fingerprint density at radius 1 is 1.30 bits per heavy atom. The zero-order valence-electron chi connectivity index (χ0n) is 12.5.